The van der Waals surface area contributed by atoms with Crippen molar-refractivity contribution in [1.29, 1.82) is 0 Å². The van der Waals surface area contributed by atoms with E-state index in [0.717, 1.165) is 12.8 Å². The number of carbonyl (C=O) groups is 1. The summed E-state index contributed by atoms with van der Waals surface area (Å²) in [4.78, 5) is 12.1. The van der Waals surface area contributed by atoms with Gasteiger partial charge in [0.2, 0.25) is 0 Å². The second kappa shape index (κ2) is 7.53. The van der Waals surface area contributed by atoms with E-state index < -0.39 is 6.10 Å². The summed E-state index contributed by atoms with van der Waals surface area (Å²) in [6.45, 7) is 1.77. The van der Waals surface area contributed by atoms with Crippen LogP contribution < -0.4 is 10.1 Å². The normalized spacial score (nSPS) is 18.1. The zero-order valence-corrected chi connectivity index (χ0v) is 12.7. The molecular formula is C16H22ClNO2. The Morgan fingerprint density at radius 1 is 1.30 bits per heavy atom. The minimum Gasteiger partial charge on any atom is -0.481 e. The lowest BCUT2D eigenvalue weighted by Crippen LogP contribution is -2.42. The van der Waals surface area contributed by atoms with E-state index >= 15 is 0 Å². The minimum absolute atomic E-state index is 0.0446. The summed E-state index contributed by atoms with van der Waals surface area (Å²) in [6, 6.07) is 7.42. The molecule has 20 heavy (non-hydrogen) atoms. The van der Waals surface area contributed by atoms with Crippen LogP contribution in [0.3, 0.4) is 0 Å². The predicted octanol–water partition coefficient (Wildman–Crippen LogP) is 3.95. The third-order valence-electron chi connectivity index (χ3n) is 3.68. The summed E-state index contributed by atoms with van der Waals surface area (Å²) < 4.78 is 5.63. The quantitative estimate of drug-likeness (QED) is 0.854. The highest BCUT2D eigenvalue weighted by atomic mass is 35.5. The lowest BCUT2D eigenvalue weighted by molar-refractivity contribution is -0.128. The van der Waals surface area contributed by atoms with Gasteiger partial charge in [-0.15, -0.1) is 0 Å². The van der Waals surface area contributed by atoms with Gasteiger partial charge in [-0.05, 0) is 38.0 Å². The van der Waals surface area contributed by atoms with Crippen LogP contribution in [-0.4, -0.2) is 18.1 Å². The molecule has 1 atom stereocenters. The lowest BCUT2D eigenvalue weighted by atomic mass is 10.1. The summed E-state index contributed by atoms with van der Waals surface area (Å²) >= 11 is 5.90. The molecule has 2 rings (SSSR count). The number of rotatable bonds is 4. The molecule has 1 fully saturated rings. The van der Waals surface area contributed by atoms with Crippen LogP contribution in [0.15, 0.2) is 24.3 Å². The Morgan fingerprint density at radius 2 is 2.00 bits per heavy atom. The third kappa shape index (κ3) is 4.71. The molecule has 110 valence electrons. The topological polar surface area (TPSA) is 38.3 Å². The van der Waals surface area contributed by atoms with E-state index in [1.807, 2.05) is 6.07 Å². The van der Waals surface area contributed by atoms with Crippen LogP contribution in [0.4, 0.5) is 0 Å². The van der Waals surface area contributed by atoms with Crippen LogP contribution in [0.1, 0.15) is 45.4 Å². The zero-order chi connectivity index (χ0) is 14.4. The van der Waals surface area contributed by atoms with Gasteiger partial charge >= 0.3 is 0 Å². The van der Waals surface area contributed by atoms with Gasteiger partial charge in [0.15, 0.2) is 6.10 Å². The van der Waals surface area contributed by atoms with Gasteiger partial charge in [0.25, 0.3) is 5.91 Å². The highest BCUT2D eigenvalue weighted by molar-refractivity contribution is 6.30. The Bertz CT molecular complexity index is 442. The fraction of sp³-hybridized carbons (Fsp3) is 0.562. The molecule has 0 aliphatic heterocycles. The fourth-order valence-electron chi connectivity index (χ4n) is 2.54. The molecule has 0 bridgehead atoms. The molecule has 1 aromatic rings. The molecule has 0 saturated heterocycles. The SMILES string of the molecule is CC(Oc1cccc(Cl)c1)C(=O)NC1CCCCCC1. The van der Waals surface area contributed by atoms with Crippen molar-refractivity contribution in [3.05, 3.63) is 29.3 Å². The number of hydrogen-bond acceptors (Lipinski definition) is 2. The molecule has 0 aromatic heterocycles. The summed E-state index contributed by atoms with van der Waals surface area (Å²) in [5.74, 6) is 0.581. The van der Waals surface area contributed by atoms with Gasteiger partial charge in [0.1, 0.15) is 5.75 Å². The van der Waals surface area contributed by atoms with E-state index in [9.17, 15) is 4.79 Å². The molecule has 0 spiro atoms. The molecule has 0 radical (unpaired) electrons. The lowest BCUT2D eigenvalue weighted by Gasteiger charge is -2.20. The van der Waals surface area contributed by atoms with Gasteiger partial charge in [-0.2, -0.15) is 0 Å². The summed E-state index contributed by atoms with van der Waals surface area (Å²) in [5, 5.41) is 3.71. The molecule has 1 aliphatic carbocycles. The van der Waals surface area contributed by atoms with Crippen molar-refractivity contribution >= 4 is 17.5 Å². The number of ether oxygens (including phenoxy) is 1. The first-order valence-corrected chi connectivity index (χ1v) is 7.75. The van der Waals surface area contributed by atoms with Crippen LogP contribution in [0.2, 0.25) is 5.02 Å². The van der Waals surface area contributed by atoms with Crippen LogP contribution in [0.5, 0.6) is 5.75 Å². The van der Waals surface area contributed by atoms with Crippen molar-refractivity contribution in [3.63, 3.8) is 0 Å². The third-order valence-corrected chi connectivity index (χ3v) is 3.91. The number of amides is 1. The fourth-order valence-corrected chi connectivity index (χ4v) is 2.72. The smallest absolute Gasteiger partial charge is 0.260 e. The number of carbonyl (C=O) groups excluding carboxylic acids is 1. The Kier molecular flexibility index (Phi) is 5.72. The molecule has 3 nitrogen and oxygen atoms in total. The van der Waals surface area contributed by atoms with Crippen LogP contribution >= 0.6 is 11.6 Å². The first-order valence-electron chi connectivity index (χ1n) is 7.38. The maximum atomic E-state index is 12.1. The molecule has 0 heterocycles. The average molecular weight is 296 g/mol. The Morgan fingerprint density at radius 3 is 2.65 bits per heavy atom. The van der Waals surface area contributed by atoms with Gasteiger partial charge in [0.05, 0.1) is 0 Å². The van der Waals surface area contributed by atoms with Crippen LogP contribution in [0, 0.1) is 0 Å². The van der Waals surface area contributed by atoms with E-state index in [1.54, 1.807) is 25.1 Å². The van der Waals surface area contributed by atoms with E-state index in [-0.39, 0.29) is 5.91 Å². The van der Waals surface area contributed by atoms with Gasteiger partial charge in [0, 0.05) is 11.1 Å². The predicted molar refractivity (Wildman–Crippen MR) is 81.2 cm³/mol. The van der Waals surface area contributed by atoms with Gasteiger partial charge in [-0.25, -0.2) is 0 Å². The molecule has 1 amide bonds. The highest BCUT2D eigenvalue weighted by Crippen LogP contribution is 2.19. The molecule has 1 N–H and O–H groups in total. The first kappa shape index (κ1) is 15.2. The maximum Gasteiger partial charge on any atom is 0.260 e. The second-order valence-corrected chi connectivity index (χ2v) is 5.85. The summed E-state index contributed by atoms with van der Waals surface area (Å²) in [6.07, 6.45) is 6.62. The summed E-state index contributed by atoms with van der Waals surface area (Å²) in [5.41, 5.74) is 0. The molecule has 1 saturated carbocycles. The summed E-state index contributed by atoms with van der Waals surface area (Å²) in [7, 11) is 0. The van der Waals surface area contributed by atoms with E-state index in [1.165, 1.54) is 25.7 Å². The van der Waals surface area contributed by atoms with Gasteiger partial charge < -0.3 is 10.1 Å². The average Bonchev–Trinajstić information content (AvgIpc) is 2.67. The monoisotopic (exact) mass is 295 g/mol. The molecule has 1 unspecified atom stereocenters. The van der Waals surface area contributed by atoms with E-state index in [4.69, 9.17) is 16.3 Å². The van der Waals surface area contributed by atoms with E-state index in [2.05, 4.69) is 5.32 Å². The van der Waals surface area contributed by atoms with Crippen LogP contribution in [0.25, 0.3) is 0 Å². The number of hydrogen-bond donors (Lipinski definition) is 1. The van der Waals surface area contributed by atoms with Crippen molar-refractivity contribution in [1.82, 2.24) is 5.32 Å². The Hall–Kier alpha value is -1.22. The first-order chi connectivity index (χ1) is 9.65. The van der Waals surface area contributed by atoms with Crippen molar-refractivity contribution in [3.8, 4) is 5.75 Å². The largest absolute Gasteiger partial charge is 0.481 e. The van der Waals surface area contributed by atoms with Crippen molar-refractivity contribution in [2.45, 2.75) is 57.6 Å². The standard InChI is InChI=1S/C16H22ClNO2/c1-12(20-15-10-6-7-13(17)11-15)16(19)18-14-8-4-2-3-5-9-14/h6-7,10-12,14H,2-5,8-9H2,1H3,(H,18,19). The van der Waals surface area contributed by atoms with Crippen LogP contribution in [-0.2, 0) is 4.79 Å². The van der Waals surface area contributed by atoms with Crippen molar-refractivity contribution < 1.29 is 9.53 Å². The van der Waals surface area contributed by atoms with Crippen molar-refractivity contribution in [2.75, 3.05) is 0 Å². The molecular weight excluding hydrogens is 274 g/mol. The van der Waals surface area contributed by atoms with Gasteiger partial charge in [-0.3, -0.25) is 4.79 Å². The molecule has 4 heteroatoms. The minimum atomic E-state index is -0.503. The maximum absolute atomic E-state index is 12.1. The second-order valence-electron chi connectivity index (χ2n) is 5.41. The molecule has 1 aromatic carbocycles. The van der Waals surface area contributed by atoms with Gasteiger partial charge in [-0.1, -0.05) is 43.4 Å². The highest BCUT2D eigenvalue weighted by Gasteiger charge is 2.20. The Balaban J connectivity index is 1.85. The number of halogens is 1. The Labute approximate surface area is 125 Å². The van der Waals surface area contributed by atoms with Crippen molar-refractivity contribution in [2.24, 2.45) is 0 Å². The number of nitrogens with one attached hydrogen (secondary N) is 1. The van der Waals surface area contributed by atoms with E-state index in [0.29, 0.717) is 16.8 Å². The number of benzene rings is 1. The molecule has 1 aliphatic rings. The zero-order valence-electron chi connectivity index (χ0n) is 11.9.